The number of furan rings is 1. The first kappa shape index (κ1) is 17.2. The lowest BCUT2D eigenvalue weighted by Crippen LogP contribution is -2.52. The Hall–Kier alpha value is -2.63. The van der Waals surface area contributed by atoms with E-state index in [4.69, 9.17) is 4.42 Å². The molecule has 0 N–H and O–H groups in total. The number of carbonyl (C=O) groups is 2. The van der Waals surface area contributed by atoms with Crippen LogP contribution < -0.4 is 0 Å². The third kappa shape index (κ3) is 3.73. The molecule has 0 bridgehead atoms. The maximum absolute atomic E-state index is 13.0. The van der Waals surface area contributed by atoms with Gasteiger partial charge in [0.1, 0.15) is 6.04 Å². The van der Waals surface area contributed by atoms with Gasteiger partial charge in [-0.05, 0) is 55.5 Å². The molecule has 0 radical (unpaired) electrons. The number of pyridine rings is 1. The van der Waals surface area contributed by atoms with Gasteiger partial charge < -0.3 is 14.2 Å². The molecule has 2 aromatic rings. The fraction of sp³-hybridized carbons (Fsp3) is 0.421. The van der Waals surface area contributed by atoms with E-state index >= 15 is 0 Å². The summed E-state index contributed by atoms with van der Waals surface area (Å²) in [6.45, 7) is 3.07. The molecule has 0 aromatic carbocycles. The summed E-state index contributed by atoms with van der Waals surface area (Å²) >= 11 is 0. The maximum Gasteiger partial charge on any atom is 0.290 e. The quantitative estimate of drug-likeness (QED) is 0.857. The van der Waals surface area contributed by atoms with Crippen molar-refractivity contribution in [1.82, 2.24) is 14.8 Å². The minimum atomic E-state index is -0.437. The second-order valence-corrected chi connectivity index (χ2v) is 6.48. The molecule has 6 heteroatoms. The highest BCUT2D eigenvalue weighted by molar-refractivity contribution is 5.95. The molecule has 0 saturated carbocycles. The van der Waals surface area contributed by atoms with Crippen molar-refractivity contribution >= 4 is 11.8 Å². The van der Waals surface area contributed by atoms with Crippen molar-refractivity contribution in [3.05, 3.63) is 53.7 Å². The molecule has 1 saturated heterocycles. The summed E-state index contributed by atoms with van der Waals surface area (Å²) < 4.78 is 5.22. The second kappa shape index (κ2) is 7.51. The van der Waals surface area contributed by atoms with E-state index in [9.17, 15) is 9.59 Å². The van der Waals surface area contributed by atoms with Crippen LogP contribution in [0.15, 0.2) is 41.3 Å². The molecule has 1 fully saturated rings. The molecule has 3 rings (SSSR count). The fourth-order valence-corrected chi connectivity index (χ4v) is 3.22. The number of hydrogen-bond donors (Lipinski definition) is 0. The largest absolute Gasteiger partial charge is 0.459 e. The van der Waals surface area contributed by atoms with Crippen LogP contribution in [0.5, 0.6) is 0 Å². The van der Waals surface area contributed by atoms with Crippen LogP contribution in [0, 0.1) is 6.92 Å². The number of hydrogen-bond acceptors (Lipinski definition) is 4. The standard InChI is InChI=1S/C19H23N3O3/c1-14-8-9-20-12-15(14)13-21(2)18(23)16-6-3-4-10-22(16)19(24)17-7-5-11-25-17/h5,7-9,11-12,16H,3-4,6,10,13H2,1-2H3/t16-/m0/s1. The first-order valence-corrected chi connectivity index (χ1v) is 8.57. The Balaban J connectivity index is 1.74. The molecule has 1 aliphatic heterocycles. The van der Waals surface area contributed by atoms with Crippen molar-refractivity contribution in [2.45, 2.75) is 38.8 Å². The zero-order valence-electron chi connectivity index (χ0n) is 14.6. The highest BCUT2D eigenvalue weighted by atomic mass is 16.3. The van der Waals surface area contributed by atoms with E-state index in [0.29, 0.717) is 19.5 Å². The maximum atomic E-state index is 13.0. The average molecular weight is 341 g/mol. The molecule has 6 nitrogen and oxygen atoms in total. The Kier molecular flexibility index (Phi) is 5.16. The molecule has 2 amide bonds. The second-order valence-electron chi connectivity index (χ2n) is 6.48. The van der Waals surface area contributed by atoms with Crippen molar-refractivity contribution in [1.29, 1.82) is 0 Å². The van der Waals surface area contributed by atoms with E-state index in [0.717, 1.165) is 24.0 Å². The number of nitrogens with zero attached hydrogens (tertiary/aromatic N) is 3. The van der Waals surface area contributed by atoms with Gasteiger partial charge in [-0.1, -0.05) is 0 Å². The Labute approximate surface area is 147 Å². The SMILES string of the molecule is Cc1ccncc1CN(C)C(=O)[C@@H]1CCCCN1C(=O)c1ccco1. The van der Waals surface area contributed by atoms with Crippen LogP contribution in [0.1, 0.15) is 40.9 Å². The van der Waals surface area contributed by atoms with Gasteiger partial charge in [0, 0.05) is 32.5 Å². The summed E-state index contributed by atoms with van der Waals surface area (Å²) in [5.74, 6) is 0.0299. The minimum absolute atomic E-state index is 0.0390. The van der Waals surface area contributed by atoms with E-state index in [2.05, 4.69) is 4.98 Å². The number of likely N-dealkylation sites (N-methyl/N-ethyl adjacent to an activating group) is 1. The third-order valence-corrected chi connectivity index (χ3v) is 4.71. The van der Waals surface area contributed by atoms with Crippen molar-refractivity contribution < 1.29 is 14.0 Å². The van der Waals surface area contributed by atoms with Gasteiger partial charge in [0.05, 0.1) is 6.26 Å². The van der Waals surface area contributed by atoms with Gasteiger partial charge in [0.15, 0.2) is 5.76 Å². The molecular weight excluding hydrogens is 318 g/mol. The lowest BCUT2D eigenvalue weighted by atomic mass is 10.00. The zero-order valence-corrected chi connectivity index (χ0v) is 14.6. The highest BCUT2D eigenvalue weighted by Gasteiger charge is 2.35. The van der Waals surface area contributed by atoms with Crippen LogP contribution in [0.3, 0.4) is 0 Å². The van der Waals surface area contributed by atoms with Gasteiger partial charge in [0.2, 0.25) is 5.91 Å². The van der Waals surface area contributed by atoms with Gasteiger partial charge in [-0.25, -0.2) is 0 Å². The van der Waals surface area contributed by atoms with Crippen molar-refractivity contribution in [2.75, 3.05) is 13.6 Å². The van der Waals surface area contributed by atoms with E-state index in [1.807, 2.05) is 13.0 Å². The summed E-state index contributed by atoms with van der Waals surface area (Å²) in [7, 11) is 1.78. The lowest BCUT2D eigenvalue weighted by Gasteiger charge is -2.36. The Bertz CT molecular complexity index is 742. The van der Waals surface area contributed by atoms with Crippen LogP contribution in [0.2, 0.25) is 0 Å². The molecule has 0 unspecified atom stereocenters. The molecule has 2 aromatic heterocycles. The molecule has 3 heterocycles. The van der Waals surface area contributed by atoms with E-state index in [-0.39, 0.29) is 17.6 Å². The van der Waals surface area contributed by atoms with E-state index < -0.39 is 6.04 Å². The summed E-state index contributed by atoms with van der Waals surface area (Å²) in [6.07, 6.45) is 7.53. The van der Waals surface area contributed by atoms with Crippen molar-refractivity contribution in [3.8, 4) is 0 Å². The van der Waals surface area contributed by atoms with Crippen molar-refractivity contribution in [2.24, 2.45) is 0 Å². The van der Waals surface area contributed by atoms with Gasteiger partial charge in [-0.3, -0.25) is 14.6 Å². The molecule has 25 heavy (non-hydrogen) atoms. The number of aromatic nitrogens is 1. The topological polar surface area (TPSA) is 66.7 Å². The van der Waals surface area contributed by atoms with E-state index in [1.54, 1.807) is 41.4 Å². The highest BCUT2D eigenvalue weighted by Crippen LogP contribution is 2.22. The first-order chi connectivity index (χ1) is 12.1. The predicted octanol–water partition coefficient (Wildman–Crippen LogP) is 2.64. The summed E-state index contributed by atoms with van der Waals surface area (Å²) in [6, 6.07) is 4.82. The minimum Gasteiger partial charge on any atom is -0.459 e. The number of rotatable bonds is 4. The number of likely N-dealkylation sites (tertiary alicyclic amines) is 1. The van der Waals surface area contributed by atoms with Crippen LogP contribution in [0.4, 0.5) is 0 Å². The number of carbonyl (C=O) groups excluding carboxylic acids is 2. The normalized spacial score (nSPS) is 17.4. The van der Waals surface area contributed by atoms with Gasteiger partial charge in [-0.2, -0.15) is 0 Å². The summed E-state index contributed by atoms with van der Waals surface area (Å²) in [4.78, 5) is 33.1. The van der Waals surface area contributed by atoms with Gasteiger partial charge in [0.25, 0.3) is 5.91 Å². The summed E-state index contributed by atoms with van der Waals surface area (Å²) in [5, 5.41) is 0. The average Bonchev–Trinajstić information content (AvgIpc) is 3.17. The number of piperidine rings is 1. The fourth-order valence-electron chi connectivity index (χ4n) is 3.22. The van der Waals surface area contributed by atoms with Crippen LogP contribution in [-0.4, -0.2) is 46.2 Å². The molecule has 0 aliphatic carbocycles. The first-order valence-electron chi connectivity index (χ1n) is 8.57. The molecule has 1 aliphatic rings. The number of amides is 2. The van der Waals surface area contributed by atoms with Crippen molar-refractivity contribution in [3.63, 3.8) is 0 Å². The Morgan fingerprint density at radius 2 is 2.20 bits per heavy atom. The lowest BCUT2D eigenvalue weighted by molar-refractivity contribution is -0.136. The van der Waals surface area contributed by atoms with Crippen LogP contribution in [-0.2, 0) is 11.3 Å². The number of aryl methyl sites for hydroxylation is 1. The van der Waals surface area contributed by atoms with Gasteiger partial charge >= 0.3 is 0 Å². The van der Waals surface area contributed by atoms with E-state index in [1.165, 1.54) is 6.26 Å². The third-order valence-electron chi connectivity index (χ3n) is 4.71. The molecule has 0 spiro atoms. The predicted molar refractivity (Wildman–Crippen MR) is 92.8 cm³/mol. The Morgan fingerprint density at radius 3 is 2.92 bits per heavy atom. The Morgan fingerprint density at radius 1 is 1.36 bits per heavy atom. The smallest absolute Gasteiger partial charge is 0.290 e. The van der Waals surface area contributed by atoms with Crippen LogP contribution >= 0.6 is 0 Å². The zero-order chi connectivity index (χ0) is 17.8. The van der Waals surface area contributed by atoms with Gasteiger partial charge in [-0.15, -0.1) is 0 Å². The summed E-state index contributed by atoms with van der Waals surface area (Å²) in [5.41, 5.74) is 2.11. The molecule has 132 valence electrons. The van der Waals surface area contributed by atoms with Crippen LogP contribution in [0.25, 0.3) is 0 Å². The molecular formula is C19H23N3O3. The molecule has 1 atom stereocenters. The monoisotopic (exact) mass is 341 g/mol.